The van der Waals surface area contributed by atoms with Crippen molar-refractivity contribution in [2.24, 2.45) is 0 Å². The zero-order valence-corrected chi connectivity index (χ0v) is 20.2. The van der Waals surface area contributed by atoms with Crippen molar-refractivity contribution in [3.8, 4) is 22.8 Å². The van der Waals surface area contributed by atoms with Crippen molar-refractivity contribution in [1.29, 1.82) is 0 Å². The van der Waals surface area contributed by atoms with E-state index < -0.39 is 5.91 Å². The van der Waals surface area contributed by atoms with Crippen LogP contribution in [0.4, 0.5) is 5.69 Å². The van der Waals surface area contributed by atoms with Crippen LogP contribution in [0.5, 0.6) is 0 Å². The van der Waals surface area contributed by atoms with Gasteiger partial charge < -0.3 is 14.2 Å². The third kappa shape index (κ3) is 4.69. The number of furan rings is 1. The van der Waals surface area contributed by atoms with E-state index in [1.807, 2.05) is 56.3 Å². The molecule has 5 rings (SSSR count). The Morgan fingerprint density at radius 2 is 1.69 bits per heavy atom. The minimum atomic E-state index is -0.434. The summed E-state index contributed by atoms with van der Waals surface area (Å²) in [6.07, 6.45) is 1.67. The third-order valence-corrected chi connectivity index (χ3v) is 5.95. The van der Waals surface area contributed by atoms with E-state index in [2.05, 4.69) is 27.5 Å². The molecule has 0 fully saturated rings. The highest BCUT2D eigenvalue weighted by Crippen LogP contribution is 2.28. The second-order valence-electron chi connectivity index (χ2n) is 8.25. The molecule has 0 saturated heterocycles. The topological polar surface area (TPSA) is 93.2 Å². The van der Waals surface area contributed by atoms with E-state index in [4.69, 9.17) is 21.1 Å². The van der Waals surface area contributed by atoms with Crippen molar-refractivity contribution in [3.05, 3.63) is 89.3 Å². The van der Waals surface area contributed by atoms with Crippen LogP contribution in [-0.2, 0) is 0 Å². The smallest absolute Gasteiger partial charge is 0.293 e. The number of nitrogens with zero attached hydrogens (tertiary/aromatic N) is 2. The first kappa shape index (κ1) is 22.5. The van der Waals surface area contributed by atoms with Crippen molar-refractivity contribution in [3.63, 3.8) is 0 Å². The fourth-order valence-corrected chi connectivity index (χ4v) is 3.81. The average molecular weight is 483 g/mol. The minimum absolute atomic E-state index is 0.151. The van der Waals surface area contributed by atoms with Crippen molar-refractivity contribution in [2.75, 3.05) is 5.32 Å². The molecule has 5 aromatic rings. The average Bonchev–Trinajstić information content (AvgIpc) is 3.50. The van der Waals surface area contributed by atoms with E-state index in [1.165, 1.54) is 5.56 Å². The molecule has 0 aliphatic rings. The number of rotatable bonds is 4. The number of aryl methyl sites for hydroxylation is 3. The van der Waals surface area contributed by atoms with Gasteiger partial charge in [-0.1, -0.05) is 18.2 Å². The number of nitrogens with one attached hydrogen (secondary N) is 2. The molecule has 2 N–H and O–H groups in total. The number of fused-ring (bicyclic) bond motifs is 1. The van der Waals surface area contributed by atoms with Crippen molar-refractivity contribution < 1.29 is 13.6 Å². The van der Waals surface area contributed by atoms with Crippen molar-refractivity contribution in [2.45, 2.75) is 20.8 Å². The van der Waals surface area contributed by atoms with Crippen LogP contribution in [0.25, 0.3) is 34.0 Å². The number of anilines is 1. The number of aromatic nitrogens is 2. The lowest BCUT2D eigenvalue weighted by atomic mass is 10.1. The van der Waals surface area contributed by atoms with Gasteiger partial charge in [-0.05, 0) is 92.1 Å². The molecule has 3 aromatic heterocycles. The Labute approximate surface area is 207 Å². The van der Waals surface area contributed by atoms with Gasteiger partial charge in [0.15, 0.2) is 22.1 Å². The Hall–Kier alpha value is -4.30. The summed E-state index contributed by atoms with van der Waals surface area (Å²) in [5, 5.41) is 5.91. The molecule has 174 valence electrons. The van der Waals surface area contributed by atoms with Gasteiger partial charge >= 0.3 is 0 Å². The Morgan fingerprint density at radius 3 is 2.49 bits per heavy atom. The summed E-state index contributed by atoms with van der Waals surface area (Å²) in [5.41, 5.74) is 6.83. The molecule has 7 nitrogen and oxygen atoms in total. The fourth-order valence-electron chi connectivity index (χ4n) is 3.61. The number of thiocarbonyl (C=S) groups is 1. The monoisotopic (exact) mass is 482 g/mol. The van der Waals surface area contributed by atoms with Crippen LogP contribution < -0.4 is 10.6 Å². The van der Waals surface area contributed by atoms with Gasteiger partial charge in [-0.3, -0.25) is 10.1 Å². The number of benzene rings is 2. The van der Waals surface area contributed by atoms with E-state index in [0.29, 0.717) is 22.9 Å². The van der Waals surface area contributed by atoms with E-state index in [1.54, 1.807) is 24.4 Å². The number of oxazole rings is 1. The van der Waals surface area contributed by atoms with Crippen LogP contribution in [0.15, 0.2) is 75.7 Å². The number of amides is 1. The number of carbonyl (C=O) groups excluding carboxylic acids is 1. The maximum absolute atomic E-state index is 12.7. The van der Waals surface area contributed by atoms with Gasteiger partial charge in [0.2, 0.25) is 5.89 Å². The molecule has 1 amide bonds. The second-order valence-corrected chi connectivity index (χ2v) is 8.65. The Kier molecular flexibility index (Phi) is 5.88. The lowest BCUT2D eigenvalue weighted by Crippen LogP contribution is -2.34. The fraction of sp³-hybridized carbons (Fsp3) is 0.111. The van der Waals surface area contributed by atoms with Gasteiger partial charge in [0.1, 0.15) is 5.76 Å². The summed E-state index contributed by atoms with van der Waals surface area (Å²) >= 11 is 5.38. The molecule has 0 radical (unpaired) electrons. The van der Waals surface area contributed by atoms with Gasteiger partial charge in [0, 0.05) is 23.0 Å². The standard InChI is InChI=1S/C27H22N4O3S/c1-15-6-8-18(13-17(15)3)21-10-11-23(33-21)25(32)31-27(35)29-20-14-19(9-7-16(20)2)26-30-24-22(34-26)5-4-12-28-24/h4-14H,1-3H3,(H2,29,31,32,35). The van der Waals surface area contributed by atoms with Gasteiger partial charge in [-0.25, -0.2) is 4.98 Å². The summed E-state index contributed by atoms with van der Waals surface area (Å²) in [6, 6.07) is 18.7. The summed E-state index contributed by atoms with van der Waals surface area (Å²) < 4.78 is 11.6. The zero-order chi connectivity index (χ0) is 24.5. The molecule has 0 atom stereocenters. The Morgan fingerprint density at radius 1 is 0.886 bits per heavy atom. The van der Waals surface area contributed by atoms with E-state index in [0.717, 1.165) is 27.9 Å². The highest BCUT2D eigenvalue weighted by atomic mass is 32.1. The van der Waals surface area contributed by atoms with E-state index >= 15 is 0 Å². The Balaban J connectivity index is 1.29. The molecular formula is C27H22N4O3S. The van der Waals surface area contributed by atoms with Gasteiger partial charge in [-0.2, -0.15) is 4.98 Å². The lowest BCUT2D eigenvalue weighted by molar-refractivity contribution is 0.0951. The highest BCUT2D eigenvalue weighted by Gasteiger charge is 2.16. The molecule has 3 heterocycles. The maximum Gasteiger partial charge on any atom is 0.293 e. The largest absolute Gasteiger partial charge is 0.451 e. The molecule has 0 spiro atoms. The number of carbonyl (C=O) groups is 1. The molecule has 0 unspecified atom stereocenters. The van der Waals surface area contributed by atoms with Crippen LogP contribution >= 0.6 is 12.2 Å². The predicted molar refractivity (Wildman–Crippen MR) is 139 cm³/mol. The van der Waals surface area contributed by atoms with Crippen LogP contribution in [0.2, 0.25) is 0 Å². The zero-order valence-electron chi connectivity index (χ0n) is 19.4. The molecule has 0 aliphatic heterocycles. The molecule has 8 heteroatoms. The predicted octanol–water partition coefficient (Wildman–Crippen LogP) is 6.20. The summed E-state index contributed by atoms with van der Waals surface area (Å²) in [6.45, 7) is 6.03. The van der Waals surface area contributed by atoms with Crippen LogP contribution in [0, 0.1) is 20.8 Å². The minimum Gasteiger partial charge on any atom is -0.451 e. The van der Waals surface area contributed by atoms with Crippen molar-refractivity contribution >= 4 is 40.2 Å². The second kappa shape index (κ2) is 9.15. The first-order chi connectivity index (χ1) is 16.9. The molecule has 0 bridgehead atoms. The highest BCUT2D eigenvalue weighted by molar-refractivity contribution is 7.80. The summed E-state index contributed by atoms with van der Waals surface area (Å²) in [4.78, 5) is 21.4. The quantitative estimate of drug-likeness (QED) is 0.295. The van der Waals surface area contributed by atoms with Crippen LogP contribution in [0.3, 0.4) is 0 Å². The molecule has 0 aliphatic carbocycles. The number of hydrogen-bond donors (Lipinski definition) is 2. The number of hydrogen-bond acceptors (Lipinski definition) is 6. The van der Waals surface area contributed by atoms with E-state index in [9.17, 15) is 4.79 Å². The molecule has 2 aromatic carbocycles. The lowest BCUT2D eigenvalue weighted by Gasteiger charge is -2.12. The van der Waals surface area contributed by atoms with Gasteiger partial charge in [-0.15, -0.1) is 0 Å². The van der Waals surface area contributed by atoms with Gasteiger partial charge in [0.25, 0.3) is 5.91 Å². The molecular weight excluding hydrogens is 460 g/mol. The van der Waals surface area contributed by atoms with Gasteiger partial charge in [0.05, 0.1) is 0 Å². The third-order valence-electron chi connectivity index (χ3n) is 5.75. The summed E-state index contributed by atoms with van der Waals surface area (Å²) in [7, 11) is 0. The molecule has 0 saturated carbocycles. The number of pyridine rings is 1. The normalized spacial score (nSPS) is 10.9. The first-order valence-electron chi connectivity index (χ1n) is 11.0. The Bertz CT molecular complexity index is 1550. The van der Waals surface area contributed by atoms with Crippen LogP contribution in [0.1, 0.15) is 27.2 Å². The summed E-state index contributed by atoms with van der Waals surface area (Å²) in [5.74, 6) is 0.808. The van der Waals surface area contributed by atoms with E-state index in [-0.39, 0.29) is 10.9 Å². The van der Waals surface area contributed by atoms with Crippen LogP contribution in [-0.4, -0.2) is 21.0 Å². The maximum atomic E-state index is 12.7. The van der Waals surface area contributed by atoms with Crippen molar-refractivity contribution in [1.82, 2.24) is 15.3 Å². The SMILES string of the molecule is Cc1ccc(-c2ccc(C(=O)NC(=S)Nc3cc(-c4nc5ncccc5o4)ccc3C)o2)cc1C. The molecule has 35 heavy (non-hydrogen) atoms. The first-order valence-corrected chi connectivity index (χ1v) is 11.4.